The van der Waals surface area contributed by atoms with Gasteiger partial charge in [-0.05, 0) is 122 Å². The van der Waals surface area contributed by atoms with Crippen LogP contribution in [-0.4, -0.2) is 37.2 Å². The lowest BCUT2D eigenvalue weighted by molar-refractivity contribution is -0.167. The van der Waals surface area contributed by atoms with Crippen LogP contribution in [0.2, 0.25) is 0 Å². The Morgan fingerprint density at radius 3 is 0.842 bits per heavy atom. The molecule has 6 heteroatoms. The van der Waals surface area contributed by atoms with Gasteiger partial charge in [0.1, 0.15) is 13.2 Å². The predicted octanol–water partition coefficient (Wildman–Crippen LogP) is 21.8. The molecule has 0 saturated heterocycles. The summed E-state index contributed by atoms with van der Waals surface area (Å²) in [6.07, 6.45) is 86.5. The van der Waals surface area contributed by atoms with Crippen LogP contribution in [0, 0.1) is 0 Å². The molecule has 6 nitrogen and oxygen atoms in total. The molecular weight excluding hydrogens is 937 g/mol. The van der Waals surface area contributed by atoms with Crippen LogP contribution in [0.1, 0.15) is 297 Å². The van der Waals surface area contributed by atoms with E-state index in [1.165, 1.54) is 122 Å². The molecule has 0 fully saturated rings. The van der Waals surface area contributed by atoms with Crippen LogP contribution in [0.4, 0.5) is 0 Å². The number of esters is 3. The molecule has 434 valence electrons. The van der Waals surface area contributed by atoms with E-state index < -0.39 is 6.10 Å². The van der Waals surface area contributed by atoms with E-state index in [1.807, 2.05) is 0 Å². The third kappa shape index (κ3) is 60.9. The van der Waals surface area contributed by atoms with E-state index in [0.717, 1.165) is 135 Å². The highest BCUT2D eigenvalue weighted by molar-refractivity contribution is 5.71. The zero-order valence-corrected chi connectivity index (χ0v) is 49.7. The lowest BCUT2D eigenvalue weighted by atomic mass is 10.1. The van der Waals surface area contributed by atoms with Crippen LogP contribution < -0.4 is 0 Å². The van der Waals surface area contributed by atoms with E-state index in [4.69, 9.17) is 14.2 Å². The maximum absolute atomic E-state index is 12.9. The lowest BCUT2D eigenvalue weighted by Crippen LogP contribution is -2.30. The van der Waals surface area contributed by atoms with Crippen molar-refractivity contribution in [1.82, 2.24) is 0 Å². The van der Waals surface area contributed by atoms with Crippen molar-refractivity contribution in [2.45, 2.75) is 303 Å². The van der Waals surface area contributed by atoms with Crippen LogP contribution in [0.5, 0.6) is 0 Å². The van der Waals surface area contributed by atoms with Crippen molar-refractivity contribution < 1.29 is 28.6 Å². The summed E-state index contributed by atoms with van der Waals surface area (Å²) in [5.74, 6) is -0.913. The summed E-state index contributed by atoms with van der Waals surface area (Å²) < 4.78 is 16.9. The zero-order chi connectivity index (χ0) is 55.0. The first-order valence-corrected chi connectivity index (χ1v) is 31.9. The van der Waals surface area contributed by atoms with Crippen LogP contribution >= 0.6 is 0 Å². The second-order valence-corrected chi connectivity index (χ2v) is 20.9. The highest BCUT2D eigenvalue weighted by atomic mass is 16.6. The first-order valence-electron chi connectivity index (χ1n) is 31.9. The number of carbonyl (C=O) groups excluding carboxylic acids is 3. The normalized spacial score (nSPS) is 12.8. The van der Waals surface area contributed by atoms with Crippen LogP contribution in [-0.2, 0) is 28.6 Å². The van der Waals surface area contributed by atoms with Gasteiger partial charge in [-0.2, -0.15) is 0 Å². The lowest BCUT2D eigenvalue weighted by Gasteiger charge is -2.18. The molecule has 0 heterocycles. The molecule has 0 aromatic carbocycles. The van der Waals surface area contributed by atoms with Gasteiger partial charge in [0.15, 0.2) is 6.10 Å². The molecule has 1 unspecified atom stereocenters. The number of hydrogen-bond donors (Lipinski definition) is 0. The minimum atomic E-state index is -0.795. The van der Waals surface area contributed by atoms with Gasteiger partial charge in [-0.25, -0.2) is 0 Å². The zero-order valence-electron chi connectivity index (χ0n) is 49.7. The Bertz CT molecular complexity index is 1540. The van der Waals surface area contributed by atoms with Gasteiger partial charge in [-0.1, -0.05) is 265 Å². The van der Waals surface area contributed by atoms with E-state index in [1.54, 1.807) is 0 Å². The first kappa shape index (κ1) is 72.1. The maximum atomic E-state index is 12.9. The van der Waals surface area contributed by atoms with E-state index >= 15 is 0 Å². The largest absolute Gasteiger partial charge is 0.462 e. The molecule has 0 rings (SSSR count). The summed E-state index contributed by atoms with van der Waals surface area (Å²) in [5.41, 5.74) is 0. The summed E-state index contributed by atoms with van der Waals surface area (Å²) >= 11 is 0. The molecule has 0 aliphatic rings. The fourth-order valence-electron chi connectivity index (χ4n) is 8.69. The van der Waals surface area contributed by atoms with E-state index in [2.05, 4.69) is 130 Å². The van der Waals surface area contributed by atoms with Crippen LogP contribution in [0.3, 0.4) is 0 Å². The molecule has 0 N–H and O–H groups in total. The van der Waals surface area contributed by atoms with Gasteiger partial charge in [-0.15, -0.1) is 0 Å². The monoisotopic (exact) mass is 1050 g/mol. The van der Waals surface area contributed by atoms with Gasteiger partial charge in [0.2, 0.25) is 0 Å². The maximum Gasteiger partial charge on any atom is 0.306 e. The smallest absolute Gasteiger partial charge is 0.306 e. The van der Waals surface area contributed by atoms with E-state index in [-0.39, 0.29) is 31.1 Å². The summed E-state index contributed by atoms with van der Waals surface area (Å²) in [7, 11) is 0. The van der Waals surface area contributed by atoms with Crippen molar-refractivity contribution in [3.63, 3.8) is 0 Å². The third-order valence-corrected chi connectivity index (χ3v) is 13.5. The molecule has 0 bridgehead atoms. The van der Waals surface area contributed by atoms with Gasteiger partial charge in [0.25, 0.3) is 0 Å². The molecule has 0 aliphatic heterocycles. The van der Waals surface area contributed by atoms with Crippen molar-refractivity contribution in [2.75, 3.05) is 13.2 Å². The number of rotatable bonds is 57. The average molecular weight is 1060 g/mol. The number of ether oxygens (including phenoxy) is 3. The number of unbranched alkanes of at least 4 members (excludes halogenated alkanes) is 28. The van der Waals surface area contributed by atoms with Gasteiger partial charge < -0.3 is 14.2 Å². The van der Waals surface area contributed by atoms with Crippen molar-refractivity contribution in [2.24, 2.45) is 0 Å². The number of allylic oxidation sites excluding steroid dienone is 18. The molecule has 0 radical (unpaired) electrons. The van der Waals surface area contributed by atoms with Gasteiger partial charge in [-0.3, -0.25) is 14.4 Å². The second kappa shape index (κ2) is 63.6. The Balaban J connectivity index is 4.40. The minimum absolute atomic E-state index is 0.0907. The summed E-state index contributed by atoms with van der Waals surface area (Å²) in [4.78, 5) is 38.3. The fraction of sp³-hybridized carbons (Fsp3) is 0.700. The van der Waals surface area contributed by atoms with Gasteiger partial charge in [0, 0.05) is 19.3 Å². The number of hydrogen-bond acceptors (Lipinski definition) is 6. The van der Waals surface area contributed by atoms with Gasteiger partial charge >= 0.3 is 17.9 Å². The first-order chi connectivity index (χ1) is 37.5. The van der Waals surface area contributed by atoms with Crippen molar-refractivity contribution in [3.05, 3.63) is 109 Å². The molecule has 0 aromatic rings. The predicted molar refractivity (Wildman–Crippen MR) is 330 cm³/mol. The summed E-state index contributed by atoms with van der Waals surface area (Å²) in [6, 6.07) is 0. The standard InChI is InChI=1S/C70H118O6/c1-4-7-10-13-16-19-22-25-28-30-32-34-35-37-38-40-42-45-48-51-54-57-60-63-69(72)75-66-67(65-74-68(71)62-59-56-53-50-47-44-27-24-21-18-15-12-9-6-3)76-70(73)64-61-58-55-52-49-46-43-41-39-36-33-31-29-26-23-20-17-14-11-8-5-2/h8,11,15,17-18,20,22,24-27,29-30,32-33,35-37,67H,4-7,9-10,12-14,16,19,21,23,28,31,34,38-66H2,1-3H3/b11-8-,18-15-,20-17-,25-22-,27-24-,29-26-,32-30-,36-33-,37-35-. The average Bonchev–Trinajstić information content (AvgIpc) is 3.42. The Morgan fingerprint density at radius 1 is 0.276 bits per heavy atom. The Kier molecular flexibility index (Phi) is 60.3. The van der Waals surface area contributed by atoms with Crippen LogP contribution in [0.25, 0.3) is 0 Å². The number of carbonyl (C=O) groups is 3. The quantitative estimate of drug-likeness (QED) is 0.0261. The van der Waals surface area contributed by atoms with E-state index in [9.17, 15) is 14.4 Å². The van der Waals surface area contributed by atoms with Crippen molar-refractivity contribution >= 4 is 17.9 Å². The minimum Gasteiger partial charge on any atom is -0.462 e. The van der Waals surface area contributed by atoms with Crippen LogP contribution in [0.15, 0.2) is 109 Å². The summed E-state index contributed by atoms with van der Waals surface area (Å²) in [6.45, 7) is 6.47. The molecule has 0 amide bonds. The SMILES string of the molecule is CC/C=C\C/C=C\C/C=C\C/C=C\CCCCCCCCCCC(=O)OC(COC(=O)CCCCCCC/C=C\C/C=C\CCCC)COC(=O)CCCCCCCCCC/C=C\C/C=C\C/C=C\CCCCCCC. The second-order valence-electron chi connectivity index (χ2n) is 20.9. The molecule has 1 atom stereocenters. The molecule has 0 aliphatic carbocycles. The Labute approximate surface area is 470 Å². The molecule has 0 aromatic heterocycles. The van der Waals surface area contributed by atoms with Crippen molar-refractivity contribution in [1.29, 1.82) is 0 Å². The topological polar surface area (TPSA) is 78.9 Å². The molecule has 0 spiro atoms. The highest BCUT2D eigenvalue weighted by Crippen LogP contribution is 2.15. The highest BCUT2D eigenvalue weighted by Gasteiger charge is 2.19. The Hall–Kier alpha value is -3.93. The Morgan fingerprint density at radius 2 is 0.526 bits per heavy atom. The molecule has 0 saturated carbocycles. The van der Waals surface area contributed by atoms with Gasteiger partial charge in [0.05, 0.1) is 0 Å². The van der Waals surface area contributed by atoms with Crippen molar-refractivity contribution in [3.8, 4) is 0 Å². The molecular formula is C70H118O6. The summed E-state index contributed by atoms with van der Waals surface area (Å²) in [5, 5.41) is 0. The van der Waals surface area contributed by atoms with E-state index in [0.29, 0.717) is 19.3 Å². The molecule has 76 heavy (non-hydrogen) atoms. The third-order valence-electron chi connectivity index (χ3n) is 13.5. The fourth-order valence-corrected chi connectivity index (χ4v) is 8.69.